The highest BCUT2D eigenvalue weighted by molar-refractivity contribution is 5.83. The summed E-state index contributed by atoms with van der Waals surface area (Å²) >= 11 is 0. The van der Waals surface area contributed by atoms with Gasteiger partial charge in [0.05, 0.1) is 32.2 Å². The van der Waals surface area contributed by atoms with Gasteiger partial charge >= 0.3 is 11.9 Å². The second-order valence-corrected chi connectivity index (χ2v) is 11.3. The summed E-state index contributed by atoms with van der Waals surface area (Å²) < 4.78 is 17.7. The molecule has 2 heterocycles. The van der Waals surface area contributed by atoms with Crippen LogP contribution in [0.15, 0.2) is 24.3 Å². The Bertz CT molecular complexity index is 1290. The maximum atomic E-state index is 12.6. The van der Waals surface area contributed by atoms with Crippen molar-refractivity contribution in [3.8, 4) is 17.2 Å². The number of carboxylic acid groups (broad SMARTS) is 2. The van der Waals surface area contributed by atoms with E-state index in [0.717, 1.165) is 40.0 Å². The maximum Gasteiger partial charge on any atom is 0.306 e. The summed E-state index contributed by atoms with van der Waals surface area (Å²) in [7, 11) is 1.56. The van der Waals surface area contributed by atoms with E-state index < -0.39 is 23.8 Å². The van der Waals surface area contributed by atoms with Crippen LogP contribution in [-0.4, -0.2) is 64.1 Å². The second-order valence-electron chi connectivity index (χ2n) is 11.3. The molecule has 11 nitrogen and oxygen atoms in total. The highest BCUT2D eigenvalue weighted by atomic mass is 16.5. The molecule has 0 bridgehead atoms. The van der Waals surface area contributed by atoms with E-state index in [1.807, 2.05) is 25.1 Å². The molecule has 0 fully saturated rings. The van der Waals surface area contributed by atoms with Gasteiger partial charge in [0.15, 0.2) is 11.5 Å². The number of rotatable bonds is 14. The quantitative estimate of drug-likeness (QED) is 0.309. The van der Waals surface area contributed by atoms with Crippen molar-refractivity contribution in [3.63, 3.8) is 0 Å². The largest absolute Gasteiger partial charge is 0.493 e. The van der Waals surface area contributed by atoms with Gasteiger partial charge in [-0.3, -0.25) is 19.2 Å². The minimum absolute atomic E-state index is 0.0230. The zero-order chi connectivity index (χ0) is 31.3. The van der Waals surface area contributed by atoms with Crippen molar-refractivity contribution in [1.82, 2.24) is 9.80 Å². The molecule has 2 N–H and O–H groups in total. The molecule has 0 radical (unpaired) electrons. The molecule has 0 saturated heterocycles. The van der Waals surface area contributed by atoms with Crippen molar-refractivity contribution in [1.29, 1.82) is 0 Å². The van der Waals surface area contributed by atoms with Crippen molar-refractivity contribution >= 4 is 23.8 Å². The second kappa shape index (κ2) is 13.8. The molecule has 0 spiro atoms. The van der Waals surface area contributed by atoms with Gasteiger partial charge in [0.2, 0.25) is 11.8 Å². The first-order valence-electron chi connectivity index (χ1n) is 14.6. The van der Waals surface area contributed by atoms with Crippen LogP contribution in [-0.2, 0) is 51.8 Å². The predicted molar refractivity (Wildman–Crippen MR) is 156 cm³/mol. The van der Waals surface area contributed by atoms with Crippen LogP contribution in [0, 0.1) is 11.8 Å². The Kier molecular flexibility index (Phi) is 10.2. The molecule has 43 heavy (non-hydrogen) atoms. The lowest BCUT2D eigenvalue weighted by molar-refractivity contribution is -0.145. The van der Waals surface area contributed by atoms with Gasteiger partial charge in [0.1, 0.15) is 5.75 Å². The summed E-state index contributed by atoms with van der Waals surface area (Å²) in [4.78, 5) is 50.8. The predicted octanol–water partition coefficient (Wildman–Crippen LogP) is 4.01. The van der Waals surface area contributed by atoms with Gasteiger partial charge in [-0.1, -0.05) is 26.8 Å². The monoisotopic (exact) mass is 596 g/mol. The highest BCUT2D eigenvalue weighted by Crippen LogP contribution is 2.36. The molecular formula is C32H40N2O9. The maximum absolute atomic E-state index is 12.6. The number of ether oxygens (including phenoxy) is 3. The SMILES string of the molecule is CCc1cc2c(cc1OCCCOc1cc3c(cc1OC)CN(C(=O)C[C@H](C)C(=O)O)C3)CN(C(=O)C[C@H](C)C(=O)O)C2. The fourth-order valence-corrected chi connectivity index (χ4v) is 5.30. The van der Waals surface area contributed by atoms with E-state index in [0.29, 0.717) is 57.3 Å². The van der Waals surface area contributed by atoms with E-state index in [9.17, 15) is 19.2 Å². The number of carboxylic acids is 2. The molecule has 0 saturated carbocycles. The smallest absolute Gasteiger partial charge is 0.306 e. The molecule has 0 aliphatic carbocycles. The Balaban J connectivity index is 1.30. The number of hydrogen-bond acceptors (Lipinski definition) is 7. The lowest BCUT2D eigenvalue weighted by Gasteiger charge is -2.16. The number of carbonyl (C=O) groups is 4. The van der Waals surface area contributed by atoms with Crippen molar-refractivity contribution in [3.05, 3.63) is 52.1 Å². The van der Waals surface area contributed by atoms with Crippen molar-refractivity contribution in [2.24, 2.45) is 11.8 Å². The van der Waals surface area contributed by atoms with E-state index in [1.54, 1.807) is 16.9 Å². The number of fused-ring (bicyclic) bond motifs is 2. The normalized spacial score (nSPS) is 15.0. The van der Waals surface area contributed by atoms with Gasteiger partial charge in [0, 0.05) is 45.4 Å². The number of aryl methyl sites for hydroxylation is 1. The van der Waals surface area contributed by atoms with Gasteiger partial charge in [0.25, 0.3) is 0 Å². The van der Waals surface area contributed by atoms with Crippen LogP contribution in [0.5, 0.6) is 17.2 Å². The number of aliphatic carboxylic acids is 2. The highest BCUT2D eigenvalue weighted by Gasteiger charge is 2.29. The lowest BCUT2D eigenvalue weighted by atomic mass is 10.0. The third kappa shape index (κ3) is 7.57. The van der Waals surface area contributed by atoms with Crippen LogP contribution in [0.1, 0.15) is 67.9 Å². The number of nitrogens with zero attached hydrogens (tertiary/aromatic N) is 2. The summed E-state index contributed by atoms with van der Waals surface area (Å²) in [5.41, 5.74) is 5.00. The summed E-state index contributed by atoms with van der Waals surface area (Å²) in [6.07, 6.45) is 1.31. The number of benzene rings is 2. The fraction of sp³-hybridized carbons (Fsp3) is 0.500. The van der Waals surface area contributed by atoms with E-state index in [4.69, 9.17) is 24.4 Å². The molecule has 2 amide bonds. The third-order valence-corrected chi connectivity index (χ3v) is 8.01. The van der Waals surface area contributed by atoms with Gasteiger partial charge < -0.3 is 34.2 Å². The van der Waals surface area contributed by atoms with Crippen molar-refractivity contribution in [2.45, 2.75) is 72.6 Å². The first-order valence-corrected chi connectivity index (χ1v) is 14.6. The molecule has 2 aromatic rings. The molecular weight excluding hydrogens is 556 g/mol. The molecule has 11 heteroatoms. The number of hydrogen-bond donors (Lipinski definition) is 2. The van der Waals surface area contributed by atoms with Crippen molar-refractivity contribution < 1.29 is 43.6 Å². The van der Waals surface area contributed by atoms with E-state index in [2.05, 4.69) is 6.07 Å². The van der Waals surface area contributed by atoms with Crippen LogP contribution in [0.2, 0.25) is 0 Å². The Morgan fingerprint density at radius 1 is 0.721 bits per heavy atom. The van der Waals surface area contributed by atoms with E-state index in [-0.39, 0.29) is 24.7 Å². The topological polar surface area (TPSA) is 143 Å². The minimum Gasteiger partial charge on any atom is -0.493 e. The van der Waals surface area contributed by atoms with Crippen LogP contribution in [0.3, 0.4) is 0 Å². The zero-order valence-electron chi connectivity index (χ0n) is 25.2. The first-order chi connectivity index (χ1) is 20.5. The van der Waals surface area contributed by atoms with Gasteiger partial charge in [-0.15, -0.1) is 0 Å². The molecule has 232 valence electrons. The Morgan fingerprint density at radius 2 is 1.14 bits per heavy atom. The number of amides is 2. The molecule has 2 aliphatic rings. The average Bonchev–Trinajstić information content (AvgIpc) is 3.59. The van der Waals surface area contributed by atoms with Crippen LogP contribution in [0.4, 0.5) is 0 Å². The van der Waals surface area contributed by atoms with E-state index in [1.165, 1.54) is 13.8 Å². The Labute approximate surface area is 251 Å². The molecule has 2 atom stereocenters. The number of methoxy groups -OCH3 is 1. The standard InChI is InChI=1S/C32H40N2O9/c1-5-21-11-22-15-33(29(35)9-19(2)31(37)38)16-23(22)12-26(21)42-7-6-8-43-28-14-25-18-34(17-24(25)13-27(28)41-4)30(36)10-20(3)32(39)40/h11-14,19-20H,5-10,15-18H2,1-4H3,(H,37,38)(H,39,40)/t19-,20-/m0/s1. The van der Waals surface area contributed by atoms with Gasteiger partial charge in [-0.25, -0.2) is 0 Å². The van der Waals surface area contributed by atoms with Crippen LogP contribution in [0.25, 0.3) is 0 Å². The molecule has 4 rings (SSSR count). The van der Waals surface area contributed by atoms with Crippen LogP contribution < -0.4 is 14.2 Å². The summed E-state index contributed by atoms with van der Waals surface area (Å²) in [6, 6.07) is 7.80. The van der Waals surface area contributed by atoms with Crippen LogP contribution >= 0.6 is 0 Å². The van der Waals surface area contributed by atoms with Gasteiger partial charge in [-0.05, 0) is 52.4 Å². The lowest BCUT2D eigenvalue weighted by Crippen LogP contribution is -2.28. The Morgan fingerprint density at radius 3 is 1.58 bits per heavy atom. The van der Waals surface area contributed by atoms with E-state index >= 15 is 0 Å². The summed E-state index contributed by atoms with van der Waals surface area (Å²) in [6.45, 7) is 7.61. The Hall–Kier alpha value is -4.28. The fourth-order valence-electron chi connectivity index (χ4n) is 5.30. The minimum atomic E-state index is -0.990. The summed E-state index contributed by atoms with van der Waals surface area (Å²) in [5, 5.41) is 18.3. The first kappa shape index (κ1) is 31.7. The number of carbonyl (C=O) groups excluding carboxylic acids is 2. The van der Waals surface area contributed by atoms with Crippen molar-refractivity contribution in [2.75, 3.05) is 20.3 Å². The zero-order valence-corrected chi connectivity index (χ0v) is 25.2. The third-order valence-electron chi connectivity index (χ3n) is 8.01. The average molecular weight is 597 g/mol. The molecule has 2 aliphatic heterocycles. The summed E-state index contributed by atoms with van der Waals surface area (Å²) in [5.74, 6) is -1.89. The van der Waals surface area contributed by atoms with Gasteiger partial charge in [-0.2, -0.15) is 0 Å². The molecule has 2 aromatic carbocycles. The molecule has 0 aromatic heterocycles. The molecule has 0 unspecified atom stereocenters.